The summed E-state index contributed by atoms with van der Waals surface area (Å²) in [7, 11) is 0. The van der Waals surface area contributed by atoms with Crippen molar-refractivity contribution in [3.8, 4) is 0 Å². The molecule has 0 saturated heterocycles. The molecule has 2 N–H and O–H groups in total. The number of aliphatic carboxylic acids is 1. The van der Waals surface area contributed by atoms with Crippen molar-refractivity contribution in [1.82, 2.24) is 5.32 Å². The van der Waals surface area contributed by atoms with Crippen molar-refractivity contribution in [2.75, 3.05) is 0 Å². The lowest BCUT2D eigenvalue weighted by atomic mass is 9.99. The molecule has 1 unspecified atom stereocenters. The van der Waals surface area contributed by atoms with E-state index in [0.29, 0.717) is 6.42 Å². The van der Waals surface area contributed by atoms with Crippen LogP contribution in [0.5, 0.6) is 0 Å². The summed E-state index contributed by atoms with van der Waals surface area (Å²) >= 11 is 4.83. The van der Waals surface area contributed by atoms with Gasteiger partial charge in [-0.3, -0.25) is 4.79 Å². The van der Waals surface area contributed by atoms with Crippen molar-refractivity contribution in [3.05, 3.63) is 26.9 Å². The SMILES string of the molecule is CCC(C)[C@H](NC(=O)/C=C/c1ccc(Br)s1)C(=O)O. The molecule has 1 rings (SSSR count). The molecule has 104 valence electrons. The van der Waals surface area contributed by atoms with Crippen molar-refractivity contribution >= 4 is 45.2 Å². The number of halogens is 1. The second kappa shape index (κ2) is 7.45. The maximum absolute atomic E-state index is 11.7. The number of hydrogen-bond donors (Lipinski definition) is 2. The number of carboxylic acids is 1. The van der Waals surface area contributed by atoms with E-state index in [1.54, 1.807) is 13.0 Å². The molecule has 1 aromatic rings. The zero-order valence-corrected chi connectivity index (χ0v) is 13.1. The Kier molecular flexibility index (Phi) is 6.24. The van der Waals surface area contributed by atoms with Crippen molar-refractivity contribution in [2.45, 2.75) is 26.3 Å². The minimum absolute atomic E-state index is 0.106. The average Bonchev–Trinajstić information content (AvgIpc) is 2.78. The first kappa shape index (κ1) is 15.9. The highest BCUT2D eigenvalue weighted by Gasteiger charge is 2.24. The van der Waals surface area contributed by atoms with Gasteiger partial charge in [-0.2, -0.15) is 0 Å². The fraction of sp³-hybridized carbons (Fsp3) is 0.385. The number of amides is 1. The van der Waals surface area contributed by atoms with Crippen LogP contribution in [0.4, 0.5) is 0 Å². The molecule has 0 fully saturated rings. The number of thiophene rings is 1. The van der Waals surface area contributed by atoms with Crippen LogP contribution in [0.2, 0.25) is 0 Å². The van der Waals surface area contributed by atoms with Gasteiger partial charge in [0.25, 0.3) is 0 Å². The molecular formula is C13H16BrNO3S. The van der Waals surface area contributed by atoms with E-state index in [2.05, 4.69) is 21.2 Å². The Labute approximate surface area is 124 Å². The van der Waals surface area contributed by atoms with Crippen LogP contribution in [0.15, 0.2) is 22.0 Å². The number of carbonyl (C=O) groups excluding carboxylic acids is 1. The molecule has 0 aliphatic carbocycles. The van der Waals surface area contributed by atoms with Crippen molar-refractivity contribution < 1.29 is 14.7 Å². The normalized spacial score (nSPS) is 14.3. The second-order valence-corrected chi connectivity index (χ2v) is 6.68. The molecule has 1 amide bonds. The van der Waals surface area contributed by atoms with Gasteiger partial charge in [0.15, 0.2) is 0 Å². The van der Waals surface area contributed by atoms with Crippen LogP contribution < -0.4 is 5.32 Å². The predicted octanol–water partition coefficient (Wildman–Crippen LogP) is 3.14. The van der Waals surface area contributed by atoms with E-state index in [1.807, 2.05) is 19.1 Å². The van der Waals surface area contributed by atoms with Gasteiger partial charge < -0.3 is 10.4 Å². The molecule has 19 heavy (non-hydrogen) atoms. The summed E-state index contributed by atoms with van der Waals surface area (Å²) in [6, 6.07) is 2.92. The molecule has 0 bridgehead atoms. The standard InChI is InChI=1S/C13H16BrNO3S/c1-3-8(2)12(13(17)18)15-11(16)7-5-9-4-6-10(14)19-9/h4-8,12H,3H2,1-2H3,(H,15,16)(H,17,18)/b7-5+/t8?,12-/m0/s1. The smallest absolute Gasteiger partial charge is 0.326 e. The zero-order chi connectivity index (χ0) is 14.4. The Balaban J connectivity index is 2.62. The Hall–Kier alpha value is -1.14. The monoisotopic (exact) mass is 345 g/mol. The predicted molar refractivity (Wildman–Crippen MR) is 80.1 cm³/mol. The second-order valence-electron chi connectivity index (χ2n) is 4.19. The third-order valence-corrected chi connectivity index (χ3v) is 4.36. The largest absolute Gasteiger partial charge is 0.480 e. The van der Waals surface area contributed by atoms with E-state index >= 15 is 0 Å². The highest BCUT2D eigenvalue weighted by molar-refractivity contribution is 9.11. The summed E-state index contributed by atoms with van der Waals surface area (Å²) in [6.07, 6.45) is 3.72. The Morgan fingerprint density at radius 3 is 2.68 bits per heavy atom. The maximum atomic E-state index is 11.7. The fourth-order valence-electron chi connectivity index (χ4n) is 1.46. The van der Waals surface area contributed by atoms with Gasteiger partial charge in [0.05, 0.1) is 3.79 Å². The van der Waals surface area contributed by atoms with Gasteiger partial charge in [0.2, 0.25) is 5.91 Å². The number of nitrogens with one attached hydrogen (secondary N) is 1. The van der Waals surface area contributed by atoms with E-state index in [9.17, 15) is 9.59 Å². The number of carbonyl (C=O) groups is 2. The average molecular weight is 346 g/mol. The molecule has 0 aromatic carbocycles. The van der Waals surface area contributed by atoms with E-state index in [-0.39, 0.29) is 5.92 Å². The summed E-state index contributed by atoms with van der Waals surface area (Å²) in [6.45, 7) is 3.70. The van der Waals surface area contributed by atoms with Gasteiger partial charge >= 0.3 is 5.97 Å². The van der Waals surface area contributed by atoms with Gasteiger partial charge in [0, 0.05) is 11.0 Å². The van der Waals surface area contributed by atoms with Crippen LogP contribution in [-0.2, 0) is 9.59 Å². The van der Waals surface area contributed by atoms with Crippen molar-refractivity contribution in [1.29, 1.82) is 0 Å². The van der Waals surface area contributed by atoms with Gasteiger partial charge in [0.1, 0.15) is 6.04 Å². The molecule has 0 spiro atoms. The highest BCUT2D eigenvalue weighted by Crippen LogP contribution is 2.22. The molecule has 1 heterocycles. The van der Waals surface area contributed by atoms with Crippen LogP contribution in [0, 0.1) is 5.92 Å². The lowest BCUT2D eigenvalue weighted by Gasteiger charge is -2.19. The topological polar surface area (TPSA) is 66.4 Å². The molecule has 0 aliphatic heterocycles. The van der Waals surface area contributed by atoms with Crippen LogP contribution >= 0.6 is 27.3 Å². The van der Waals surface area contributed by atoms with Crippen molar-refractivity contribution in [3.63, 3.8) is 0 Å². The third kappa shape index (κ3) is 5.16. The molecule has 6 heteroatoms. The van der Waals surface area contributed by atoms with E-state index in [1.165, 1.54) is 17.4 Å². The summed E-state index contributed by atoms with van der Waals surface area (Å²) in [5.41, 5.74) is 0. The lowest BCUT2D eigenvalue weighted by Crippen LogP contribution is -2.44. The highest BCUT2D eigenvalue weighted by atomic mass is 79.9. The van der Waals surface area contributed by atoms with Gasteiger partial charge in [-0.05, 0) is 40.1 Å². The van der Waals surface area contributed by atoms with E-state index < -0.39 is 17.9 Å². The molecule has 0 aliphatic rings. The van der Waals surface area contributed by atoms with Crippen LogP contribution in [0.25, 0.3) is 6.08 Å². The van der Waals surface area contributed by atoms with Gasteiger partial charge in [-0.15, -0.1) is 11.3 Å². The quantitative estimate of drug-likeness (QED) is 0.778. The molecule has 0 saturated carbocycles. The molecule has 1 aromatic heterocycles. The first-order chi connectivity index (χ1) is 8.93. The third-order valence-electron chi connectivity index (χ3n) is 2.77. The van der Waals surface area contributed by atoms with Gasteiger partial charge in [-0.1, -0.05) is 20.3 Å². The summed E-state index contributed by atoms with van der Waals surface area (Å²) in [5.74, 6) is -1.50. The Morgan fingerprint density at radius 1 is 1.53 bits per heavy atom. The lowest BCUT2D eigenvalue weighted by molar-refractivity contribution is -0.142. The minimum Gasteiger partial charge on any atom is -0.480 e. The molecule has 0 radical (unpaired) electrons. The zero-order valence-electron chi connectivity index (χ0n) is 10.7. The van der Waals surface area contributed by atoms with E-state index in [0.717, 1.165) is 8.66 Å². The fourth-order valence-corrected chi connectivity index (χ4v) is 2.79. The van der Waals surface area contributed by atoms with Crippen LogP contribution in [0.1, 0.15) is 25.1 Å². The van der Waals surface area contributed by atoms with Crippen LogP contribution in [0.3, 0.4) is 0 Å². The Bertz CT molecular complexity index is 484. The summed E-state index contributed by atoms with van der Waals surface area (Å²) < 4.78 is 0.982. The Morgan fingerprint density at radius 2 is 2.21 bits per heavy atom. The first-order valence-electron chi connectivity index (χ1n) is 5.90. The first-order valence-corrected chi connectivity index (χ1v) is 7.51. The van der Waals surface area contributed by atoms with Gasteiger partial charge in [-0.25, -0.2) is 4.79 Å². The molecular weight excluding hydrogens is 330 g/mol. The van der Waals surface area contributed by atoms with Crippen LogP contribution in [-0.4, -0.2) is 23.0 Å². The van der Waals surface area contributed by atoms with Crippen molar-refractivity contribution in [2.24, 2.45) is 5.92 Å². The molecule has 2 atom stereocenters. The number of hydrogen-bond acceptors (Lipinski definition) is 3. The summed E-state index contributed by atoms with van der Waals surface area (Å²) in [4.78, 5) is 23.7. The van der Waals surface area contributed by atoms with E-state index in [4.69, 9.17) is 5.11 Å². The minimum atomic E-state index is -1.00. The maximum Gasteiger partial charge on any atom is 0.326 e. The number of rotatable bonds is 6. The molecule has 4 nitrogen and oxygen atoms in total. The number of carboxylic acid groups (broad SMARTS) is 1. The summed E-state index contributed by atoms with van der Waals surface area (Å²) in [5, 5.41) is 11.6.